The summed E-state index contributed by atoms with van der Waals surface area (Å²) in [4.78, 5) is 27.5. The van der Waals surface area contributed by atoms with Gasteiger partial charge in [-0.15, -0.1) is 0 Å². The van der Waals surface area contributed by atoms with Crippen LogP contribution in [-0.2, 0) is 4.79 Å². The summed E-state index contributed by atoms with van der Waals surface area (Å²) in [6.07, 6.45) is 4.00. The second kappa shape index (κ2) is 5.79. The lowest BCUT2D eigenvalue weighted by molar-refractivity contribution is -0.112. The Kier molecular flexibility index (Phi) is 3.90. The largest absolute Gasteiger partial charge is 0.394 e. The molecule has 2 rings (SSSR count). The minimum Gasteiger partial charge on any atom is -0.394 e. The molecule has 0 aliphatic heterocycles. The maximum atomic E-state index is 11.8. The fraction of sp³-hybridized carbons (Fsp3) is 0.0769. The van der Waals surface area contributed by atoms with Crippen molar-refractivity contribution in [2.45, 2.75) is 6.92 Å². The number of nitrogens with zero attached hydrogens (tertiary/aromatic N) is 2. The molecule has 7 heteroatoms. The summed E-state index contributed by atoms with van der Waals surface area (Å²) in [7, 11) is 0. The van der Waals surface area contributed by atoms with Crippen LogP contribution in [0, 0.1) is 6.92 Å². The third-order valence-corrected chi connectivity index (χ3v) is 2.54. The number of aryl methyl sites for hydroxylation is 1. The molecule has 102 valence electrons. The quantitative estimate of drug-likeness (QED) is 0.561. The molecule has 1 amide bonds. The van der Waals surface area contributed by atoms with Crippen LogP contribution in [0.1, 0.15) is 16.2 Å². The highest BCUT2D eigenvalue weighted by atomic mass is 16.2. The van der Waals surface area contributed by atoms with Gasteiger partial charge in [-0.3, -0.25) is 19.7 Å². The molecular formula is C13H13N5O2. The van der Waals surface area contributed by atoms with E-state index in [-0.39, 0.29) is 11.4 Å². The van der Waals surface area contributed by atoms with E-state index in [0.717, 1.165) is 6.08 Å². The number of hydrogen-bond acceptors (Lipinski definition) is 5. The number of H-pyrrole nitrogens is 1. The molecular weight excluding hydrogens is 258 g/mol. The van der Waals surface area contributed by atoms with Crippen molar-refractivity contribution in [3.05, 3.63) is 53.8 Å². The van der Waals surface area contributed by atoms with Crippen molar-refractivity contribution in [1.82, 2.24) is 15.2 Å². The Hall–Kier alpha value is -2.96. The van der Waals surface area contributed by atoms with Gasteiger partial charge in [0.15, 0.2) is 0 Å². The van der Waals surface area contributed by atoms with Gasteiger partial charge in [0.25, 0.3) is 5.91 Å². The van der Waals surface area contributed by atoms with Crippen molar-refractivity contribution in [2.75, 3.05) is 5.32 Å². The van der Waals surface area contributed by atoms with Gasteiger partial charge >= 0.3 is 0 Å². The Morgan fingerprint density at radius 2 is 2.20 bits per heavy atom. The van der Waals surface area contributed by atoms with E-state index in [2.05, 4.69) is 20.5 Å². The molecule has 2 aromatic rings. The summed E-state index contributed by atoms with van der Waals surface area (Å²) in [6.45, 7) is 1.75. The standard InChI is InChI=1S/C13H13N5O2/c1-8-11(7-16-18-8)17-13(20)9(14)6-12(19)10-4-2-3-5-15-10/h2-7H,14H2,1H3,(H,16,18)(H,17,20). The number of hydrogen-bond donors (Lipinski definition) is 3. The van der Waals surface area contributed by atoms with E-state index in [1.807, 2.05) is 0 Å². The van der Waals surface area contributed by atoms with Crippen molar-refractivity contribution in [1.29, 1.82) is 0 Å². The highest BCUT2D eigenvalue weighted by Gasteiger charge is 2.11. The van der Waals surface area contributed by atoms with E-state index >= 15 is 0 Å². The molecule has 2 heterocycles. The molecule has 7 nitrogen and oxygen atoms in total. The zero-order chi connectivity index (χ0) is 14.5. The summed E-state index contributed by atoms with van der Waals surface area (Å²) in [6, 6.07) is 4.92. The van der Waals surface area contributed by atoms with E-state index in [1.54, 1.807) is 25.1 Å². The first-order valence-corrected chi connectivity index (χ1v) is 5.82. The fourth-order valence-corrected chi connectivity index (χ4v) is 1.46. The van der Waals surface area contributed by atoms with Crippen LogP contribution in [0.5, 0.6) is 0 Å². The Labute approximate surface area is 114 Å². The molecule has 0 unspecified atom stereocenters. The van der Waals surface area contributed by atoms with E-state index < -0.39 is 11.7 Å². The smallest absolute Gasteiger partial charge is 0.271 e. The lowest BCUT2D eigenvalue weighted by Crippen LogP contribution is -2.21. The van der Waals surface area contributed by atoms with Crippen LogP contribution in [-0.4, -0.2) is 26.9 Å². The van der Waals surface area contributed by atoms with E-state index in [9.17, 15) is 9.59 Å². The van der Waals surface area contributed by atoms with Gasteiger partial charge in [-0.05, 0) is 19.1 Å². The predicted octanol–water partition coefficient (Wildman–Crippen LogP) is 0.777. The topological polar surface area (TPSA) is 114 Å². The third kappa shape index (κ3) is 3.08. The average molecular weight is 271 g/mol. The number of carbonyl (C=O) groups excluding carboxylic acids is 2. The van der Waals surface area contributed by atoms with Gasteiger partial charge in [-0.25, -0.2) is 0 Å². The van der Waals surface area contributed by atoms with Crippen molar-refractivity contribution in [3.8, 4) is 0 Å². The van der Waals surface area contributed by atoms with Crippen molar-refractivity contribution in [2.24, 2.45) is 5.73 Å². The molecule has 0 saturated carbocycles. The van der Waals surface area contributed by atoms with Gasteiger partial charge in [0.05, 0.1) is 17.6 Å². The van der Waals surface area contributed by atoms with Gasteiger partial charge < -0.3 is 11.1 Å². The number of pyridine rings is 1. The molecule has 0 aliphatic rings. The molecule has 0 fully saturated rings. The monoisotopic (exact) mass is 271 g/mol. The number of carbonyl (C=O) groups is 2. The van der Waals surface area contributed by atoms with Crippen LogP contribution in [0.15, 0.2) is 42.4 Å². The van der Waals surface area contributed by atoms with Gasteiger partial charge in [0, 0.05) is 12.3 Å². The van der Waals surface area contributed by atoms with Crippen molar-refractivity contribution >= 4 is 17.4 Å². The predicted molar refractivity (Wildman–Crippen MR) is 72.8 cm³/mol. The van der Waals surface area contributed by atoms with Crippen LogP contribution in [0.4, 0.5) is 5.69 Å². The number of aromatic nitrogens is 3. The number of nitrogens with one attached hydrogen (secondary N) is 2. The number of allylic oxidation sites excluding steroid dienone is 1. The Balaban J connectivity index is 2.09. The minimum absolute atomic E-state index is 0.193. The van der Waals surface area contributed by atoms with Gasteiger partial charge in [-0.1, -0.05) is 6.07 Å². The zero-order valence-corrected chi connectivity index (χ0v) is 10.8. The average Bonchev–Trinajstić information content (AvgIpc) is 2.85. The molecule has 0 radical (unpaired) electrons. The molecule has 0 aromatic carbocycles. The van der Waals surface area contributed by atoms with Gasteiger partial charge in [0.2, 0.25) is 5.78 Å². The molecule has 0 bridgehead atoms. The highest BCUT2D eigenvalue weighted by molar-refractivity contribution is 6.11. The summed E-state index contributed by atoms with van der Waals surface area (Å²) < 4.78 is 0. The minimum atomic E-state index is -0.571. The number of amides is 1. The lowest BCUT2D eigenvalue weighted by Gasteiger charge is -2.03. The molecule has 0 spiro atoms. The molecule has 0 atom stereocenters. The van der Waals surface area contributed by atoms with E-state index in [1.165, 1.54) is 12.4 Å². The first-order valence-electron chi connectivity index (χ1n) is 5.82. The Morgan fingerprint density at radius 3 is 2.80 bits per heavy atom. The summed E-state index contributed by atoms with van der Waals surface area (Å²) in [5.41, 5.74) is 6.83. The number of anilines is 1. The van der Waals surface area contributed by atoms with Gasteiger partial charge in [-0.2, -0.15) is 5.10 Å². The first kappa shape index (κ1) is 13.5. The first-order chi connectivity index (χ1) is 9.58. The number of rotatable bonds is 4. The van der Waals surface area contributed by atoms with Crippen molar-refractivity contribution in [3.63, 3.8) is 0 Å². The Bertz CT molecular complexity index is 660. The van der Waals surface area contributed by atoms with Crippen LogP contribution in [0.25, 0.3) is 0 Å². The van der Waals surface area contributed by atoms with E-state index in [4.69, 9.17) is 5.73 Å². The fourth-order valence-electron chi connectivity index (χ4n) is 1.46. The number of aromatic amines is 1. The van der Waals surface area contributed by atoms with Crippen LogP contribution in [0.3, 0.4) is 0 Å². The van der Waals surface area contributed by atoms with Crippen LogP contribution < -0.4 is 11.1 Å². The molecule has 2 aromatic heterocycles. The summed E-state index contributed by atoms with van der Waals surface area (Å²) in [5.74, 6) is -0.999. The normalized spacial score (nSPS) is 11.2. The maximum absolute atomic E-state index is 11.8. The summed E-state index contributed by atoms with van der Waals surface area (Å²) >= 11 is 0. The second-order valence-corrected chi connectivity index (χ2v) is 4.04. The van der Waals surface area contributed by atoms with Gasteiger partial charge in [0.1, 0.15) is 11.4 Å². The molecule has 20 heavy (non-hydrogen) atoms. The lowest BCUT2D eigenvalue weighted by atomic mass is 10.2. The molecule has 0 saturated heterocycles. The van der Waals surface area contributed by atoms with Crippen LogP contribution >= 0.6 is 0 Å². The van der Waals surface area contributed by atoms with Crippen LogP contribution in [0.2, 0.25) is 0 Å². The second-order valence-electron chi connectivity index (χ2n) is 4.04. The van der Waals surface area contributed by atoms with Crippen molar-refractivity contribution < 1.29 is 9.59 Å². The molecule has 0 aliphatic carbocycles. The number of ketones is 1. The van der Waals surface area contributed by atoms with E-state index in [0.29, 0.717) is 11.4 Å². The SMILES string of the molecule is Cc1[nH]ncc1NC(=O)C(N)=CC(=O)c1ccccn1. The number of nitrogens with two attached hydrogens (primary N) is 1. The highest BCUT2D eigenvalue weighted by Crippen LogP contribution is 2.10. The summed E-state index contributed by atoms with van der Waals surface area (Å²) in [5, 5.41) is 8.99. The third-order valence-electron chi connectivity index (χ3n) is 2.54. The molecule has 4 N–H and O–H groups in total. The Morgan fingerprint density at radius 1 is 1.40 bits per heavy atom. The zero-order valence-electron chi connectivity index (χ0n) is 10.8. The maximum Gasteiger partial charge on any atom is 0.271 e.